The molecule has 5 N–H and O–H groups in total. The highest BCUT2D eigenvalue weighted by Gasteiger charge is 2.46. The van der Waals surface area contributed by atoms with Crippen LogP contribution in [0.5, 0.6) is 0 Å². The first kappa shape index (κ1) is 23.1. The number of rotatable bonds is 7. The van der Waals surface area contributed by atoms with Crippen molar-refractivity contribution in [1.82, 2.24) is 24.8 Å². The van der Waals surface area contributed by atoms with Crippen LogP contribution >= 0.6 is 0 Å². The van der Waals surface area contributed by atoms with Crippen LogP contribution in [0, 0.1) is 6.92 Å². The number of nitrogens with one attached hydrogen (secondary N) is 1. The van der Waals surface area contributed by atoms with E-state index in [4.69, 9.17) is 10.5 Å². The Labute approximate surface area is 191 Å². The molecule has 0 radical (unpaired) electrons. The van der Waals surface area contributed by atoms with Crippen LogP contribution in [0.3, 0.4) is 0 Å². The van der Waals surface area contributed by atoms with Gasteiger partial charge in [-0.2, -0.15) is 0 Å². The van der Waals surface area contributed by atoms with Gasteiger partial charge in [-0.1, -0.05) is 29.8 Å². The van der Waals surface area contributed by atoms with Gasteiger partial charge in [-0.3, -0.25) is 9.36 Å². The Hall–Kier alpha value is -3.12. The zero-order valence-corrected chi connectivity index (χ0v) is 18.8. The number of nitrogens with zero attached hydrogens (tertiary/aromatic N) is 5. The van der Waals surface area contributed by atoms with Crippen molar-refractivity contribution < 1.29 is 19.7 Å². The second-order valence-corrected chi connectivity index (χ2v) is 8.48. The Bertz CT molecular complexity index is 1120. The monoisotopic (exact) mass is 455 g/mol. The molecule has 1 aliphatic rings. The minimum atomic E-state index is -1.16. The number of aliphatic hydroxyl groups is 2. The largest absolute Gasteiger partial charge is 0.394 e. The van der Waals surface area contributed by atoms with Crippen molar-refractivity contribution in [2.24, 2.45) is 5.73 Å². The predicted molar refractivity (Wildman–Crippen MR) is 121 cm³/mol. The predicted octanol–water partition coefficient (Wildman–Crippen LogP) is -0.494. The number of aromatic nitrogens is 4. The summed E-state index contributed by atoms with van der Waals surface area (Å²) >= 11 is 0. The molecule has 0 bridgehead atoms. The third-order valence-electron chi connectivity index (χ3n) is 5.81. The summed E-state index contributed by atoms with van der Waals surface area (Å²) in [7, 11) is 3.68. The highest BCUT2D eigenvalue weighted by atomic mass is 16.5. The minimum absolute atomic E-state index is 0.347. The molecule has 4 rings (SSSR count). The van der Waals surface area contributed by atoms with E-state index in [1.807, 2.05) is 50.2 Å². The Morgan fingerprint density at radius 3 is 2.67 bits per heavy atom. The molecule has 11 nitrogen and oxygen atoms in total. The number of carbonyl (C=O) groups is 1. The van der Waals surface area contributed by atoms with E-state index in [0.717, 1.165) is 11.1 Å². The number of hydrogen-bond acceptors (Lipinski definition) is 9. The molecule has 0 aliphatic carbocycles. The number of carbonyl (C=O) groups excluding carboxylic acids is 1. The summed E-state index contributed by atoms with van der Waals surface area (Å²) in [5, 5.41) is 23.6. The van der Waals surface area contributed by atoms with Gasteiger partial charge in [0.15, 0.2) is 23.2 Å². The first-order chi connectivity index (χ1) is 15.8. The number of aliphatic hydroxyl groups excluding tert-OH is 2. The third-order valence-corrected chi connectivity index (χ3v) is 5.81. The fourth-order valence-electron chi connectivity index (χ4n) is 4.00. The lowest BCUT2D eigenvalue weighted by Gasteiger charge is -2.23. The van der Waals surface area contributed by atoms with Gasteiger partial charge < -0.3 is 30.9 Å². The summed E-state index contributed by atoms with van der Waals surface area (Å²) in [6.07, 6.45) is 0.363. The number of benzene rings is 1. The van der Waals surface area contributed by atoms with Gasteiger partial charge in [-0.25, -0.2) is 15.0 Å². The molecule has 3 aromatic rings. The van der Waals surface area contributed by atoms with E-state index in [2.05, 4.69) is 20.3 Å². The molecule has 1 amide bonds. The molecule has 11 heteroatoms. The molecule has 2 aromatic heterocycles. The van der Waals surface area contributed by atoms with Crippen LogP contribution < -0.4 is 16.0 Å². The van der Waals surface area contributed by atoms with Crippen molar-refractivity contribution in [3.05, 3.63) is 48.0 Å². The summed E-state index contributed by atoms with van der Waals surface area (Å²) in [5.74, 6) is 0.187. The minimum Gasteiger partial charge on any atom is -0.394 e. The second kappa shape index (κ2) is 9.40. The van der Waals surface area contributed by atoms with E-state index >= 15 is 0 Å². The smallest absolute Gasteiger partial charge is 0.237 e. The maximum atomic E-state index is 12.8. The van der Waals surface area contributed by atoms with Crippen molar-refractivity contribution in [3.8, 4) is 0 Å². The highest BCUT2D eigenvalue weighted by molar-refractivity contribution is 5.83. The number of nitrogens with two attached hydrogens (primary N) is 1. The van der Waals surface area contributed by atoms with Crippen molar-refractivity contribution in [2.75, 3.05) is 25.6 Å². The fraction of sp³-hybridized carbons (Fsp3) is 0.455. The Morgan fingerprint density at radius 1 is 1.27 bits per heavy atom. The molecule has 1 fully saturated rings. The molecule has 33 heavy (non-hydrogen) atoms. The van der Waals surface area contributed by atoms with E-state index in [0.29, 0.717) is 23.4 Å². The second-order valence-electron chi connectivity index (χ2n) is 8.48. The molecule has 2 unspecified atom stereocenters. The number of anilines is 1. The number of ether oxygens (including phenoxy) is 1. The van der Waals surface area contributed by atoms with Crippen molar-refractivity contribution in [2.45, 2.75) is 43.9 Å². The Balaban J connectivity index is 1.51. The average molecular weight is 456 g/mol. The van der Waals surface area contributed by atoms with Crippen molar-refractivity contribution in [3.63, 3.8) is 0 Å². The average Bonchev–Trinajstić information content (AvgIpc) is 3.36. The van der Waals surface area contributed by atoms with E-state index in [-0.39, 0.29) is 0 Å². The molecular formula is C22H29N7O4. The number of aryl methyl sites for hydroxylation is 1. The van der Waals surface area contributed by atoms with Crippen LogP contribution in [0.25, 0.3) is 11.2 Å². The molecule has 5 atom stereocenters. The Kier molecular flexibility index (Phi) is 6.56. The lowest BCUT2D eigenvalue weighted by atomic mass is 10.0. The summed E-state index contributed by atoms with van der Waals surface area (Å²) in [5.41, 5.74) is 9.18. The maximum absolute atomic E-state index is 12.8. The van der Waals surface area contributed by atoms with E-state index in [9.17, 15) is 15.0 Å². The molecular weight excluding hydrogens is 426 g/mol. The zero-order chi connectivity index (χ0) is 23.7. The quantitative estimate of drug-likeness (QED) is 0.370. The van der Waals surface area contributed by atoms with Crippen molar-refractivity contribution in [1.29, 1.82) is 0 Å². The first-order valence-corrected chi connectivity index (χ1v) is 10.7. The van der Waals surface area contributed by atoms with Gasteiger partial charge in [-0.05, 0) is 18.9 Å². The third kappa shape index (κ3) is 4.53. The molecule has 0 spiro atoms. The summed E-state index contributed by atoms with van der Waals surface area (Å²) in [6.45, 7) is 1.59. The van der Waals surface area contributed by atoms with Gasteiger partial charge in [-0.15, -0.1) is 0 Å². The summed E-state index contributed by atoms with van der Waals surface area (Å²) in [6, 6.07) is 6.10. The van der Waals surface area contributed by atoms with Gasteiger partial charge >= 0.3 is 0 Å². The Morgan fingerprint density at radius 2 is 2.00 bits per heavy atom. The lowest BCUT2D eigenvalue weighted by Crippen LogP contribution is -2.53. The maximum Gasteiger partial charge on any atom is 0.237 e. The van der Waals surface area contributed by atoms with Crippen LogP contribution in [0.1, 0.15) is 17.4 Å². The molecule has 176 valence electrons. The van der Waals surface area contributed by atoms with Crippen LogP contribution in [0.15, 0.2) is 36.9 Å². The number of amides is 1. The topological polar surface area (TPSA) is 152 Å². The molecule has 1 aromatic carbocycles. The molecule has 0 saturated carbocycles. The van der Waals surface area contributed by atoms with Crippen LogP contribution in [-0.4, -0.2) is 80.6 Å². The van der Waals surface area contributed by atoms with Crippen LogP contribution in [0.4, 0.5) is 5.82 Å². The van der Waals surface area contributed by atoms with Crippen LogP contribution in [-0.2, 0) is 16.0 Å². The van der Waals surface area contributed by atoms with E-state index < -0.39 is 43.0 Å². The first-order valence-electron chi connectivity index (χ1n) is 10.7. The SMILES string of the molecule is Cc1ccc(C[C@H](N)C(=O)NC2C(O)[C@H](n3cnc4c(N(C)C)ncnc43)O[C@@H]2CO)cc1. The van der Waals surface area contributed by atoms with Gasteiger partial charge in [0.1, 0.15) is 18.5 Å². The number of fused-ring (bicyclic) bond motifs is 1. The summed E-state index contributed by atoms with van der Waals surface area (Å²) in [4.78, 5) is 27.5. The van der Waals surface area contributed by atoms with Crippen molar-refractivity contribution >= 4 is 22.9 Å². The standard InChI is InChI=1S/C22H29N7O4/c1-12-4-6-13(7-5-12)8-14(23)21(32)27-16-15(9-30)33-22(18(16)31)29-11-26-17-19(28(2)3)24-10-25-20(17)29/h4-7,10-11,14-16,18,22,30-31H,8-9,23H2,1-3H3,(H,27,32)/t14-,15+,16?,18?,22+/m0/s1. The zero-order valence-electron chi connectivity index (χ0n) is 18.8. The normalized spacial score (nSPS) is 23.6. The molecule has 3 heterocycles. The lowest BCUT2D eigenvalue weighted by molar-refractivity contribution is -0.124. The van der Waals surface area contributed by atoms with Gasteiger partial charge in [0.2, 0.25) is 5.91 Å². The summed E-state index contributed by atoms with van der Waals surface area (Å²) < 4.78 is 7.47. The van der Waals surface area contributed by atoms with E-state index in [1.165, 1.54) is 12.7 Å². The number of hydrogen-bond donors (Lipinski definition) is 4. The number of imidazole rings is 1. The fourth-order valence-corrected chi connectivity index (χ4v) is 4.00. The highest BCUT2D eigenvalue weighted by Crippen LogP contribution is 2.32. The molecule has 1 aliphatic heterocycles. The van der Waals surface area contributed by atoms with E-state index in [1.54, 1.807) is 4.57 Å². The van der Waals surface area contributed by atoms with Gasteiger partial charge in [0.05, 0.1) is 25.0 Å². The van der Waals surface area contributed by atoms with Crippen LogP contribution in [0.2, 0.25) is 0 Å². The molecule has 1 saturated heterocycles. The van der Waals surface area contributed by atoms with Gasteiger partial charge in [0.25, 0.3) is 0 Å². The van der Waals surface area contributed by atoms with Gasteiger partial charge in [0, 0.05) is 14.1 Å².